The lowest BCUT2D eigenvalue weighted by Crippen LogP contribution is -2.41. The van der Waals surface area contributed by atoms with Gasteiger partial charge in [0.05, 0.1) is 15.7 Å². The molecular weight excluding hydrogens is 271 g/mol. The van der Waals surface area contributed by atoms with Crippen molar-refractivity contribution in [3.05, 3.63) is 27.7 Å². The third kappa shape index (κ3) is 3.53. The van der Waals surface area contributed by atoms with E-state index in [9.17, 15) is 4.79 Å². The van der Waals surface area contributed by atoms with Crippen molar-refractivity contribution < 1.29 is 4.79 Å². The van der Waals surface area contributed by atoms with E-state index in [1.54, 1.807) is 0 Å². The second kappa shape index (κ2) is 5.37. The van der Waals surface area contributed by atoms with Gasteiger partial charge >= 0.3 is 0 Å². The lowest BCUT2D eigenvalue weighted by Gasteiger charge is -2.28. The van der Waals surface area contributed by atoms with Crippen LogP contribution in [0.3, 0.4) is 0 Å². The number of anilines is 1. The van der Waals surface area contributed by atoms with Gasteiger partial charge in [-0.15, -0.1) is 0 Å². The van der Waals surface area contributed by atoms with E-state index in [4.69, 9.17) is 28.9 Å². The number of rotatable bonds is 2. The average Bonchev–Trinajstić information content (AvgIpc) is 2.23. The molecule has 1 atom stereocenters. The number of nitrogen functional groups attached to an aromatic ring is 1. The Morgan fingerprint density at radius 2 is 1.89 bits per heavy atom. The number of nitrogens with one attached hydrogen (secondary N) is 1. The Morgan fingerprint density at radius 1 is 1.33 bits per heavy atom. The van der Waals surface area contributed by atoms with Crippen LogP contribution in [0.1, 0.15) is 38.1 Å². The number of amides is 1. The summed E-state index contributed by atoms with van der Waals surface area (Å²) < 4.78 is 0. The molecule has 0 spiro atoms. The summed E-state index contributed by atoms with van der Waals surface area (Å²) in [5, 5.41) is 3.47. The fourth-order valence-electron chi connectivity index (χ4n) is 1.24. The van der Waals surface area contributed by atoms with Crippen molar-refractivity contribution in [2.75, 3.05) is 5.73 Å². The molecule has 0 aromatic heterocycles. The Hall–Kier alpha value is -0.930. The van der Waals surface area contributed by atoms with Crippen LogP contribution >= 0.6 is 23.2 Å². The maximum absolute atomic E-state index is 12.0. The predicted molar refractivity (Wildman–Crippen MR) is 77.3 cm³/mol. The molecule has 0 aliphatic carbocycles. The molecule has 1 unspecified atom stereocenters. The summed E-state index contributed by atoms with van der Waals surface area (Å²) in [5.41, 5.74) is 6.38. The monoisotopic (exact) mass is 288 g/mol. The van der Waals surface area contributed by atoms with E-state index in [-0.39, 0.29) is 27.4 Å². The molecule has 1 rings (SSSR count). The van der Waals surface area contributed by atoms with Crippen LogP contribution in [0, 0.1) is 5.41 Å². The van der Waals surface area contributed by atoms with Crippen molar-refractivity contribution in [3.8, 4) is 0 Å². The van der Waals surface area contributed by atoms with Crippen molar-refractivity contribution in [1.29, 1.82) is 0 Å². The molecule has 3 nitrogen and oxygen atoms in total. The maximum Gasteiger partial charge on any atom is 0.251 e. The van der Waals surface area contributed by atoms with Gasteiger partial charge in [-0.25, -0.2) is 0 Å². The summed E-state index contributed by atoms with van der Waals surface area (Å²) in [6, 6.07) is 3.07. The Balaban J connectivity index is 2.92. The second-order valence-electron chi connectivity index (χ2n) is 5.42. The SMILES string of the molecule is CC(NC(=O)c1cc(N)c(Cl)c(Cl)c1)C(C)(C)C. The molecule has 0 saturated heterocycles. The molecule has 5 heteroatoms. The zero-order chi connectivity index (χ0) is 14.1. The zero-order valence-electron chi connectivity index (χ0n) is 11.0. The zero-order valence-corrected chi connectivity index (χ0v) is 12.5. The summed E-state index contributed by atoms with van der Waals surface area (Å²) in [6.45, 7) is 8.13. The number of hydrogen-bond acceptors (Lipinski definition) is 2. The Kier molecular flexibility index (Phi) is 4.51. The van der Waals surface area contributed by atoms with Gasteiger partial charge in [-0.3, -0.25) is 4.79 Å². The van der Waals surface area contributed by atoms with Gasteiger partial charge in [0, 0.05) is 11.6 Å². The third-order valence-corrected chi connectivity index (χ3v) is 3.78. The molecular formula is C13H18Cl2N2O. The third-order valence-electron chi connectivity index (χ3n) is 2.97. The van der Waals surface area contributed by atoms with Crippen LogP contribution in [-0.2, 0) is 0 Å². The highest BCUT2D eigenvalue weighted by atomic mass is 35.5. The molecule has 1 aromatic rings. The van der Waals surface area contributed by atoms with Crippen molar-refractivity contribution in [3.63, 3.8) is 0 Å². The lowest BCUT2D eigenvalue weighted by molar-refractivity contribution is 0.0910. The second-order valence-corrected chi connectivity index (χ2v) is 6.21. The lowest BCUT2D eigenvalue weighted by atomic mass is 9.88. The Morgan fingerprint density at radius 3 is 2.33 bits per heavy atom. The highest BCUT2D eigenvalue weighted by Gasteiger charge is 2.22. The molecule has 0 bridgehead atoms. The first-order chi connectivity index (χ1) is 8.12. The first kappa shape index (κ1) is 15.1. The van der Waals surface area contributed by atoms with E-state index >= 15 is 0 Å². The quantitative estimate of drug-likeness (QED) is 0.815. The maximum atomic E-state index is 12.0. The number of halogens is 2. The van der Waals surface area contributed by atoms with Crippen LogP contribution in [0.4, 0.5) is 5.69 Å². The fraction of sp³-hybridized carbons (Fsp3) is 0.462. The van der Waals surface area contributed by atoms with Crippen LogP contribution < -0.4 is 11.1 Å². The molecule has 0 saturated carbocycles. The number of carbonyl (C=O) groups excluding carboxylic acids is 1. The van der Waals surface area contributed by atoms with Crippen molar-refractivity contribution in [2.45, 2.75) is 33.7 Å². The standard InChI is InChI=1S/C13H18Cl2N2O/c1-7(13(2,3)4)17-12(18)8-5-9(14)11(15)10(16)6-8/h5-7H,16H2,1-4H3,(H,17,18). The van der Waals surface area contributed by atoms with Gasteiger partial charge in [0.2, 0.25) is 0 Å². The average molecular weight is 289 g/mol. The molecule has 1 amide bonds. The molecule has 3 N–H and O–H groups in total. The van der Waals surface area contributed by atoms with Crippen LogP contribution in [0.5, 0.6) is 0 Å². The first-order valence-electron chi connectivity index (χ1n) is 5.68. The molecule has 0 aliphatic heterocycles. The summed E-state index contributed by atoms with van der Waals surface area (Å²) >= 11 is 11.7. The van der Waals surface area contributed by atoms with Crippen LogP contribution in [0.15, 0.2) is 12.1 Å². The Bertz CT molecular complexity index is 444. The van der Waals surface area contributed by atoms with Gasteiger partial charge in [0.1, 0.15) is 0 Å². The topological polar surface area (TPSA) is 55.1 Å². The van der Waals surface area contributed by atoms with Gasteiger partial charge < -0.3 is 11.1 Å². The number of nitrogens with two attached hydrogens (primary N) is 1. The minimum absolute atomic E-state index is 0.0164. The van der Waals surface area contributed by atoms with Crippen molar-refractivity contribution in [2.24, 2.45) is 5.41 Å². The highest BCUT2D eigenvalue weighted by Crippen LogP contribution is 2.29. The largest absolute Gasteiger partial charge is 0.397 e. The van der Waals surface area contributed by atoms with Gasteiger partial charge in [0.15, 0.2) is 0 Å². The first-order valence-corrected chi connectivity index (χ1v) is 6.44. The van der Waals surface area contributed by atoms with Crippen LogP contribution in [0.25, 0.3) is 0 Å². The van der Waals surface area contributed by atoms with E-state index in [2.05, 4.69) is 26.1 Å². The summed E-state index contributed by atoms with van der Waals surface area (Å²) in [6.07, 6.45) is 0. The van der Waals surface area contributed by atoms with Crippen LogP contribution in [-0.4, -0.2) is 11.9 Å². The molecule has 0 fully saturated rings. The van der Waals surface area contributed by atoms with E-state index < -0.39 is 0 Å². The van der Waals surface area contributed by atoms with Crippen molar-refractivity contribution >= 4 is 34.8 Å². The number of benzene rings is 1. The molecule has 1 aromatic carbocycles. The van der Waals surface area contributed by atoms with E-state index in [0.717, 1.165) is 0 Å². The minimum atomic E-state index is -0.206. The van der Waals surface area contributed by atoms with E-state index in [1.807, 2.05) is 6.92 Å². The Labute approximate surface area is 118 Å². The summed E-state index contributed by atoms with van der Waals surface area (Å²) in [7, 11) is 0. The van der Waals surface area contributed by atoms with Gasteiger partial charge in [-0.05, 0) is 24.5 Å². The minimum Gasteiger partial charge on any atom is -0.397 e. The summed E-state index contributed by atoms with van der Waals surface area (Å²) in [4.78, 5) is 12.0. The normalized spacial score (nSPS) is 13.2. The number of carbonyl (C=O) groups is 1. The van der Waals surface area contributed by atoms with Gasteiger partial charge in [-0.2, -0.15) is 0 Å². The van der Waals surface area contributed by atoms with Crippen molar-refractivity contribution in [1.82, 2.24) is 5.32 Å². The molecule has 0 radical (unpaired) electrons. The van der Waals surface area contributed by atoms with Gasteiger partial charge in [-0.1, -0.05) is 44.0 Å². The van der Waals surface area contributed by atoms with Crippen LogP contribution in [0.2, 0.25) is 10.0 Å². The van der Waals surface area contributed by atoms with E-state index in [1.165, 1.54) is 12.1 Å². The predicted octanol–water partition coefficient (Wildman–Crippen LogP) is 3.74. The molecule has 0 heterocycles. The summed E-state index contributed by atoms with van der Waals surface area (Å²) in [5.74, 6) is -0.206. The highest BCUT2D eigenvalue weighted by molar-refractivity contribution is 6.43. The molecule has 100 valence electrons. The van der Waals surface area contributed by atoms with Gasteiger partial charge in [0.25, 0.3) is 5.91 Å². The van der Waals surface area contributed by atoms with E-state index in [0.29, 0.717) is 11.3 Å². The number of hydrogen-bond donors (Lipinski definition) is 2. The molecule has 18 heavy (non-hydrogen) atoms. The smallest absolute Gasteiger partial charge is 0.251 e. The molecule has 0 aliphatic rings. The fourth-order valence-corrected chi connectivity index (χ4v) is 1.57.